The van der Waals surface area contributed by atoms with Crippen molar-refractivity contribution in [2.75, 3.05) is 0 Å². The van der Waals surface area contributed by atoms with Crippen LogP contribution in [0.1, 0.15) is 75.6 Å². The van der Waals surface area contributed by atoms with Crippen LogP contribution in [0.2, 0.25) is 0 Å². The third-order valence-corrected chi connectivity index (χ3v) is 5.84. The summed E-state index contributed by atoms with van der Waals surface area (Å²) >= 11 is 5.42. The summed E-state index contributed by atoms with van der Waals surface area (Å²) in [5.41, 5.74) is 0. The van der Waals surface area contributed by atoms with Gasteiger partial charge in [-0.3, -0.25) is 5.10 Å². The number of fused-ring (bicyclic) bond motifs is 1. The standard InChI is InChI=1S/C15H23N3S/c19-15-17-16-14(18(15)13-7-8-13)12-6-5-10-3-1-2-4-11(10)9-12/h10-13H,1-9H2,(H,17,19). The Morgan fingerprint density at radius 1 is 1.00 bits per heavy atom. The fraction of sp³-hybridized carbons (Fsp3) is 0.867. The highest BCUT2D eigenvalue weighted by molar-refractivity contribution is 7.71. The number of hydrogen-bond donors (Lipinski definition) is 1. The van der Waals surface area contributed by atoms with Crippen molar-refractivity contribution in [3.63, 3.8) is 0 Å². The maximum Gasteiger partial charge on any atom is 0.195 e. The van der Waals surface area contributed by atoms with E-state index in [1.165, 1.54) is 63.6 Å². The largest absolute Gasteiger partial charge is 0.301 e. The lowest BCUT2D eigenvalue weighted by Gasteiger charge is -2.39. The second-order valence-corrected chi connectivity index (χ2v) is 7.19. The summed E-state index contributed by atoms with van der Waals surface area (Å²) in [5, 5.41) is 7.63. The van der Waals surface area contributed by atoms with E-state index in [1.54, 1.807) is 0 Å². The molecule has 0 saturated heterocycles. The van der Waals surface area contributed by atoms with E-state index in [9.17, 15) is 0 Å². The number of nitrogens with one attached hydrogen (secondary N) is 1. The smallest absolute Gasteiger partial charge is 0.195 e. The number of aromatic amines is 1. The molecule has 0 spiro atoms. The van der Waals surface area contributed by atoms with Gasteiger partial charge in [-0.15, -0.1) is 0 Å². The van der Waals surface area contributed by atoms with Crippen LogP contribution in [0.5, 0.6) is 0 Å². The highest BCUT2D eigenvalue weighted by Gasteiger charge is 2.36. The molecule has 0 amide bonds. The van der Waals surface area contributed by atoms with E-state index in [0.717, 1.165) is 16.6 Å². The zero-order valence-electron chi connectivity index (χ0n) is 11.5. The van der Waals surface area contributed by atoms with E-state index in [1.807, 2.05) is 0 Å². The van der Waals surface area contributed by atoms with Gasteiger partial charge in [-0.2, -0.15) is 5.10 Å². The lowest BCUT2D eigenvalue weighted by molar-refractivity contribution is 0.151. The molecule has 1 aromatic rings. The van der Waals surface area contributed by atoms with Crippen LogP contribution in [-0.2, 0) is 0 Å². The first-order chi connectivity index (χ1) is 9.33. The van der Waals surface area contributed by atoms with Crippen LogP contribution in [0.3, 0.4) is 0 Å². The highest BCUT2D eigenvalue weighted by atomic mass is 32.1. The van der Waals surface area contributed by atoms with Crippen LogP contribution in [0, 0.1) is 16.6 Å². The number of aromatic nitrogens is 3. The predicted molar refractivity (Wildman–Crippen MR) is 77.7 cm³/mol. The van der Waals surface area contributed by atoms with Gasteiger partial charge in [0.2, 0.25) is 0 Å². The Morgan fingerprint density at radius 2 is 1.79 bits per heavy atom. The monoisotopic (exact) mass is 277 g/mol. The lowest BCUT2D eigenvalue weighted by Crippen LogP contribution is -2.28. The number of nitrogens with zero attached hydrogens (tertiary/aromatic N) is 2. The van der Waals surface area contributed by atoms with E-state index < -0.39 is 0 Å². The van der Waals surface area contributed by atoms with Crippen molar-refractivity contribution in [2.24, 2.45) is 11.8 Å². The van der Waals surface area contributed by atoms with Gasteiger partial charge in [0, 0.05) is 12.0 Å². The van der Waals surface area contributed by atoms with Crippen molar-refractivity contribution in [1.82, 2.24) is 14.8 Å². The first kappa shape index (κ1) is 12.1. The fourth-order valence-electron chi connectivity index (χ4n) is 4.40. The Bertz CT molecular complexity index is 514. The van der Waals surface area contributed by atoms with Crippen molar-refractivity contribution < 1.29 is 0 Å². The van der Waals surface area contributed by atoms with E-state index >= 15 is 0 Å². The average molecular weight is 277 g/mol. The zero-order chi connectivity index (χ0) is 12.8. The lowest BCUT2D eigenvalue weighted by atomic mass is 9.67. The topological polar surface area (TPSA) is 33.6 Å². The van der Waals surface area contributed by atoms with Crippen LogP contribution in [-0.4, -0.2) is 14.8 Å². The Morgan fingerprint density at radius 3 is 2.58 bits per heavy atom. The van der Waals surface area contributed by atoms with Gasteiger partial charge in [0.15, 0.2) is 4.77 Å². The van der Waals surface area contributed by atoms with Gasteiger partial charge >= 0.3 is 0 Å². The normalized spacial score (nSPS) is 35.1. The van der Waals surface area contributed by atoms with Gasteiger partial charge in [-0.25, -0.2) is 0 Å². The number of H-pyrrole nitrogens is 1. The molecule has 1 aromatic heterocycles. The van der Waals surface area contributed by atoms with E-state index in [4.69, 9.17) is 12.2 Å². The molecule has 3 aliphatic rings. The molecule has 3 aliphatic carbocycles. The molecule has 0 bridgehead atoms. The van der Waals surface area contributed by atoms with Gasteiger partial charge in [0.1, 0.15) is 5.82 Å². The molecule has 3 nitrogen and oxygen atoms in total. The molecule has 19 heavy (non-hydrogen) atoms. The van der Waals surface area contributed by atoms with Crippen molar-refractivity contribution >= 4 is 12.2 Å². The van der Waals surface area contributed by atoms with Crippen molar-refractivity contribution in [3.05, 3.63) is 10.6 Å². The summed E-state index contributed by atoms with van der Waals surface area (Å²) in [7, 11) is 0. The van der Waals surface area contributed by atoms with E-state index in [-0.39, 0.29) is 0 Å². The van der Waals surface area contributed by atoms with Crippen molar-refractivity contribution in [1.29, 1.82) is 0 Å². The molecule has 3 fully saturated rings. The first-order valence-electron chi connectivity index (χ1n) is 7.99. The summed E-state index contributed by atoms with van der Waals surface area (Å²) in [6.07, 6.45) is 12.5. The third-order valence-electron chi connectivity index (χ3n) is 5.55. The van der Waals surface area contributed by atoms with Gasteiger partial charge in [-0.1, -0.05) is 25.7 Å². The molecule has 104 valence electrons. The van der Waals surface area contributed by atoms with Gasteiger partial charge < -0.3 is 4.57 Å². The molecule has 4 heteroatoms. The minimum atomic E-state index is 0.658. The zero-order valence-corrected chi connectivity index (χ0v) is 12.3. The Kier molecular flexibility index (Phi) is 3.02. The van der Waals surface area contributed by atoms with Gasteiger partial charge in [0.25, 0.3) is 0 Å². The third kappa shape index (κ3) is 2.18. The Balaban J connectivity index is 1.58. The average Bonchev–Trinajstić information content (AvgIpc) is 3.21. The number of rotatable bonds is 2. The van der Waals surface area contributed by atoms with Crippen molar-refractivity contribution in [2.45, 2.75) is 69.7 Å². The van der Waals surface area contributed by atoms with E-state index in [0.29, 0.717) is 12.0 Å². The maximum atomic E-state index is 5.42. The molecule has 0 aliphatic heterocycles. The molecule has 0 aromatic carbocycles. The van der Waals surface area contributed by atoms with Crippen LogP contribution >= 0.6 is 12.2 Å². The molecule has 4 rings (SSSR count). The molecule has 1 N–H and O–H groups in total. The van der Waals surface area contributed by atoms with Crippen LogP contribution < -0.4 is 0 Å². The predicted octanol–water partition coefficient (Wildman–Crippen LogP) is 4.35. The van der Waals surface area contributed by atoms with Crippen LogP contribution in [0.4, 0.5) is 0 Å². The number of hydrogen-bond acceptors (Lipinski definition) is 2. The quantitative estimate of drug-likeness (QED) is 0.815. The Hall–Kier alpha value is -0.640. The summed E-state index contributed by atoms with van der Waals surface area (Å²) in [5.74, 6) is 3.91. The SMILES string of the molecule is S=c1[nH]nc(C2CCC3CCCCC3C2)n1C1CC1. The van der Waals surface area contributed by atoms with Gasteiger partial charge in [-0.05, 0) is 56.2 Å². The molecule has 3 saturated carbocycles. The molecule has 3 unspecified atom stereocenters. The maximum absolute atomic E-state index is 5.42. The Labute approximate surface area is 119 Å². The summed E-state index contributed by atoms with van der Waals surface area (Å²) in [6, 6.07) is 0.658. The molecular weight excluding hydrogens is 254 g/mol. The summed E-state index contributed by atoms with van der Waals surface area (Å²) in [4.78, 5) is 0. The molecular formula is C15H23N3S. The van der Waals surface area contributed by atoms with Crippen molar-refractivity contribution in [3.8, 4) is 0 Å². The minimum absolute atomic E-state index is 0.658. The molecule has 3 atom stereocenters. The highest BCUT2D eigenvalue weighted by Crippen LogP contribution is 2.47. The van der Waals surface area contributed by atoms with Crippen LogP contribution in [0.15, 0.2) is 0 Å². The van der Waals surface area contributed by atoms with Gasteiger partial charge in [0.05, 0.1) is 0 Å². The second-order valence-electron chi connectivity index (χ2n) is 6.80. The van der Waals surface area contributed by atoms with E-state index in [2.05, 4.69) is 14.8 Å². The minimum Gasteiger partial charge on any atom is -0.301 e. The first-order valence-corrected chi connectivity index (χ1v) is 8.40. The molecule has 0 radical (unpaired) electrons. The summed E-state index contributed by atoms with van der Waals surface area (Å²) < 4.78 is 3.19. The second kappa shape index (κ2) is 4.72. The molecule has 1 heterocycles. The van der Waals surface area contributed by atoms with Crippen LogP contribution in [0.25, 0.3) is 0 Å². The fourth-order valence-corrected chi connectivity index (χ4v) is 4.69. The summed E-state index contributed by atoms with van der Waals surface area (Å²) in [6.45, 7) is 0.